The molecule has 0 radical (unpaired) electrons. The Kier molecular flexibility index (Phi) is 4.16. The maximum Gasteiger partial charge on any atom is 0.0613 e. The van der Waals surface area contributed by atoms with Gasteiger partial charge in [-0.25, -0.2) is 0 Å². The minimum absolute atomic E-state index is 0.132. The second kappa shape index (κ2) is 4.93. The molecule has 0 bridgehead atoms. The average molecular weight is 186 g/mol. The SMILES string of the molecule is C=C(CC)CC(O)C1CCSC1. The second-order valence-electron chi connectivity index (χ2n) is 3.50. The van der Waals surface area contributed by atoms with Gasteiger partial charge in [0.15, 0.2) is 0 Å². The molecule has 0 amide bonds. The molecule has 1 nitrogen and oxygen atoms in total. The molecule has 0 aromatic carbocycles. The van der Waals surface area contributed by atoms with Crippen molar-refractivity contribution in [2.45, 2.75) is 32.3 Å². The summed E-state index contributed by atoms with van der Waals surface area (Å²) in [5.74, 6) is 2.89. The maximum atomic E-state index is 9.78. The molecular weight excluding hydrogens is 168 g/mol. The summed E-state index contributed by atoms with van der Waals surface area (Å²) in [7, 11) is 0. The molecule has 1 rings (SSSR count). The van der Waals surface area contributed by atoms with Gasteiger partial charge in [-0.05, 0) is 36.7 Å². The van der Waals surface area contributed by atoms with Gasteiger partial charge in [0.25, 0.3) is 0 Å². The first-order valence-corrected chi connectivity index (χ1v) is 5.82. The van der Waals surface area contributed by atoms with Gasteiger partial charge in [0.2, 0.25) is 0 Å². The van der Waals surface area contributed by atoms with Crippen molar-refractivity contribution in [2.75, 3.05) is 11.5 Å². The van der Waals surface area contributed by atoms with Crippen LogP contribution < -0.4 is 0 Å². The van der Waals surface area contributed by atoms with Crippen molar-refractivity contribution in [3.63, 3.8) is 0 Å². The third-order valence-electron chi connectivity index (χ3n) is 2.51. The van der Waals surface area contributed by atoms with Crippen LogP contribution in [0.3, 0.4) is 0 Å². The van der Waals surface area contributed by atoms with E-state index in [4.69, 9.17) is 0 Å². The molecule has 0 aliphatic carbocycles. The van der Waals surface area contributed by atoms with Crippen LogP contribution in [-0.4, -0.2) is 22.7 Å². The van der Waals surface area contributed by atoms with Crippen molar-refractivity contribution >= 4 is 11.8 Å². The highest BCUT2D eigenvalue weighted by molar-refractivity contribution is 7.99. The predicted molar refractivity (Wildman–Crippen MR) is 55.5 cm³/mol. The summed E-state index contributed by atoms with van der Waals surface area (Å²) in [4.78, 5) is 0. The molecule has 2 atom stereocenters. The van der Waals surface area contributed by atoms with Gasteiger partial charge >= 0.3 is 0 Å². The van der Waals surface area contributed by atoms with E-state index in [0.29, 0.717) is 5.92 Å². The second-order valence-corrected chi connectivity index (χ2v) is 4.65. The summed E-state index contributed by atoms with van der Waals surface area (Å²) in [6.07, 6.45) is 2.86. The Labute approximate surface area is 79.2 Å². The quantitative estimate of drug-likeness (QED) is 0.681. The van der Waals surface area contributed by atoms with E-state index >= 15 is 0 Å². The van der Waals surface area contributed by atoms with Crippen molar-refractivity contribution in [3.8, 4) is 0 Å². The zero-order valence-corrected chi connectivity index (χ0v) is 8.57. The topological polar surface area (TPSA) is 20.2 Å². The van der Waals surface area contributed by atoms with Crippen molar-refractivity contribution in [3.05, 3.63) is 12.2 Å². The number of aliphatic hydroxyl groups is 1. The fraction of sp³-hybridized carbons (Fsp3) is 0.800. The number of aliphatic hydroxyl groups excluding tert-OH is 1. The molecule has 0 aromatic rings. The van der Waals surface area contributed by atoms with Gasteiger partial charge in [-0.1, -0.05) is 19.1 Å². The summed E-state index contributed by atoms with van der Waals surface area (Å²) in [6, 6.07) is 0. The van der Waals surface area contributed by atoms with Crippen LogP contribution in [0.5, 0.6) is 0 Å². The van der Waals surface area contributed by atoms with Gasteiger partial charge in [0, 0.05) is 0 Å². The Morgan fingerprint density at radius 3 is 3.00 bits per heavy atom. The highest BCUT2D eigenvalue weighted by Crippen LogP contribution is 2.28. The molecule has 1 N–H and O–H groups in total. The van der Waals surface area contributed by atoms with Crippen LogP contribution in [0.4, 0.5) is 0 Å². The van der Waals surface area contributed by atoms with Crippen LogP contribution in [0.1, 0.15) is 26.2 Å². The first-order valence-electron chi connectivity index (χ1n) is 4.66. The zero-order valence-electron chi connectivity index (χ0n) is 7.75. The van der Waals surface area contributed by atoms with Crippen molar-refractivity contribution in [1.29, 1.82) is 0 Å². The lowest BCUT2D eigenvalue weighted by atomic mass is 9.95. The fourth-order valence-electron chi connectivity index (χ4n) is 1.46. The average Bonchev–Trinajstić information content (AvgIpc) is 2.56. The van der Waals surface area contributed by atoms with E-state index in [1.807, 2.05) is 11.8 Å². The molecule has 1 aliphatic heterocycles. The minimum Gasteiger partial charge on any atom is -0.392 e. The lowest BCUT2D eigenvalue weighted by Gasteiger charge is -2.17. The molecule has 2 unspecified atom stereocenters. The third-order valence-corrected chi connectivity index (χ3v) is 3.70. The summed E-state index contributed by atoms with van der Waals surface area (Å²) in [5, 5.41) is 9.78. The molecule has 2 heteroatoms. The van der Waals surface area contributed by atoms with E-state index in [1.54, 1.807) is 0 Å². The zero-order chi connectivity index (χ0) is 8.97. The minimum atomic E-state index is -0.132. The van der Waals surface area contributed by atoms with E-state index in [9.17, 15) is 5.11 Å². The van der Waals surface area contributed by atoms with E-state index in [-0.39, 0.29) is 6.10 Å². The highest BCUT2D eigenvalue weighted by atomic mass is 32.2. The van der Waals surface area contributed by atoms with Gasteiger partial charge in [-0.2, -0.15) is 11.8 Å². The van der Waals surface area contributed by atoms with Crippen molar-refractivity contribution in [1.82, 2.24) is 0 Å². The highest BCUT2D eigenvalue weighted by Gasteiger charge is 2.23. The monoisotopic (exact) mass is 186 g/mol. The predicted octanol–water partition coefficient (Wildman–Crippen LogP) is 2.46. The summed E-state index contributed by atoms with van der Waals surface area (Å²) in [6.45, 7) is 6.01. The summed E-state index contributed by atoms with van der Waals surface area (Å²) >= 11 is 1.96. The summed E-state index contributed by atoms with van der Waals surface area (Å²) in [5.41, 5.74) is 1.18. The molecule has 0 spiro atoms. The molecule has 1 aliphatic rings. The van der Waals surface area contributed by atoms with Gasteiger partial charge < -0.3 is 5.11 Å². The van der Waals surface area contributed by atoms with Crippen LogP contribution in [0, 0.1) is 5.92 Å². The largest absolute Gasteiger partial charge is 0.392 e. The standard InChI is InChI=1S/C10H18OS/c1-3-8(2)6-10(11)9-4-5-12-7-9/h9-11H,2-7H2,1H3. The van der Waals surface area contributed by atoms with E-state index < -0.39 is 0 Å². The van der Waals surface area contributed by atoms with Crippen LogP contribution in [0.2, 0.25) is 0 Å². The molecule has 0 saturated carbocycles. The maximum absolute atomic E-state index is 9.78. The third kappa shape index (κ3) is 2.83. The Hall–Kier alpha value is 0.0500. The number of thioether (sulfide) groups is 1. The molecule has 12 heavy (non-hydrogen) atoms. The summed E-state index contributed by atoms with van der Waals surface area (Å²) < 4.78 is 0. The fourth-order valence-corrected chi connectivity index (χ4v) is 2.79. The number of hydrogen-bond donors (Lipinski definition) is 1. The van der Waals surface area contributed by atoms with Crippen LogP contribution in [0.15, 0.2) is 12.2 Å². The molecule has 70 valence electrons. The number of hydrogen-bond acceptors (Lipinski definition) is 2. The van der Waals surface area contributed by atoms with Crippen LogP contribution in [0.25, 0.3) is 0 Å². The van der Waals surface area contributed by atoms with Crippen molar-refractivity contribution in [2.24, 2.45) is 5.92 Å². The lowest BCUT2D eigenvalue weighted by molar-refractivity contribution is 0.119. The van der Waals surface area contributed by atoms with Gasteiger partial charge in [-0.3, -0.25) is 0 Å². The Morgan fingerprint density at radius 1 is 1.75 bits per heavy atom. The van der Waals surface area contributed by atoms with Crippen LogP contribution >= 0.6 is 11.8 Å². The van der Waals surface area contributed by atoms with E-state index in [0.717, 1.165) is 18.6 Å². The van der Waals surface area contributed by atoms with E-state index in [1.165, 1.54) is 17.7 Å². The smallest absolute Gasteiger partial charge is 0.0613 e. The molecule has 0 aromatic heterocycles. The van der Waals surface area contributed by atoms with Gasteiger partial charge in [0.05, 0.1) is 6.10 Å². The van der Waals surface area contributed by atoms with E-state index in [2.05, 4.69) is 13.5 Å². The van der Waals surface area contributed by atoms with Gasteiger partial charge in [0.1, 0.15) is 0 Å². The molecule has 1 fully saturated rings. The first-order chi connectivity index (χ1) is 5.74. The Morgan fingerprint density at radius 2 is 2.50 bits per heavy atom. The number of rotatable bonds is 4. The Bertz CT molecular complexity index is 150. The van der Waals surface area contributed by atoms with Crippen molar-refractivity contribution < 1.29 is 5.11 Å². The molecular formula is C10H18OS. The Balaban J connectivity index is 2.26. The normalized spacial score (nSPS) is 25.7. The van der Waals surface area contributed by atoms with Crippen LogP contribution in [-0.2, 0) is 0 Å². The first kappa shape index (κ1) is 10.1. The molecule has 1 saturated heterocycles. The molecule has 1 heterocycles. The van der Waals surface area contributed by atoms with Gasteiger partial charge in [-0.15, -0.1) is 0 Å². The lowest BCUT2D eigenvalue weighted by Crippen LogP contribution is -2.20.